The number of aromatic nitrogens is 2. The summed E-state index contributed by atoms with van der Waals surface area (Å²) in [6.45, 7) is 7.36. The van der Waals surface area contributed by atoms with Gasteiger partial charge in [0.05, 0.1) is 0 Å². The summed E-state index contributed by atoms with van der Waals surface area (Å²) in [6, 6.07) is 0.697. The van der Waals surface area contributed by atoms with E-state index in [1.807, 2.05) is 4.90 Å². The Morgan fingerprint density at radius 2 is 1.76 bits per heavy atom. The summed E-state index contributed by atoms with van der Waals surface area (Å²) >= 11 is 0. The number of nitrogens with zero attached hydrogens (tertiary/aromatic N) is 5. The Morgan fingerprint density at radius 3 is 2.36 bits per heavy atom. The van der Waals surface area contributed by atoms with Crippen LogP contribution in [0, 0.1) is 5.92 Å². The number of nitrogens with two attached hydrogens (primary N) is 1. The minimum atomic E-state index is 0.0605. The minimum absolute atomic E-state index is 0.0605. The predicted molar refractivity (Wildman–Crippen MR) is 96.6 cm³/mol. The van der Waals surface area contributed by atoms with Gasteiger partial charge in [-0.1, -0.05) is 0 Å². The molecule has 7 nitrogen and oxygen atoms in total. The van der Waals surface area contributed by atoms with E-state index in [1.54, 1.807) is 24.5 Å². The van der Waals surface area contributed by atoms with Gasteiger partial charge in [-0.15, -0.1) is 0 Å². The smallest absolute Gasteiger partial charge is 0.246 e. The number of fused-ring (bicyclic) bond motifs is 3. The molecule has 134 valence electrons. The van der Waals surface area contributed by atoms with Gasteiger partial charge in [0.2, 0.25) is 11.9 Å². The summed E-state index contributed by atoms with van der Waals surface area (Å²) in [5.41, 5.74) is 6.25. The first-order valence-corrected chi connectivity index (χ1v) is 9.20. The molecular weight excluding hydrogens is 316 g/mol. The van der Waals surface area contributed by atoms with Gasteiger partial charge in [0.25, 0.3) is 0 Å². The average molecular weight is 342 g/mol. The van der Waals surface area contributed by atoms with E-state index in [2.05, 4.69) is 19.8 Å². The molecule has 1 aromatic rings. The quantitative estimate of drug-likeness (QED) is 0.797. The second kappa shape index (κ2) is 7.09. The number of amides is 1. The lowest BCUT2D eigenvalue weighted by Gasteiger charge is -2.50. The molecule has 5 rings (SSSR count). The monoisotopic (exact) mass is 342 g/mol. The number of hydrogen-bond acceptors (Lipinski definition) is 6. The van der Waals surface area contributed by atoms with Crippen LogP contribution >= 0.6 is 0 Å². The van der Waals surface area contributed by atoms with Crippen LogP contribution in [0.3, 0.4) is 0 Å². The van der Waals surface area contributed by atoms with Crippen LogP contribution in [0.4, 0.5) is 5.95 Å². The van der Waals surface area contributed by atoms with Crippen LogP contribution in [-0.4, -0.2) is 82.4 Å². The SMILES string of the molecule is Nc1ncc(/C=C/C(=O)N2CCN(C3CN4CCC3CC4)CC2)cn1. The van der Waals surface area contributed by atoms with Crippen LogP contribution in [0.5, 0.6) is 0 Å². The van der Waals surface area contributed by atoms with Crippen LogP contribution in [0.15, 0.2) is 18.5 Å². The van der Waals surface area contributed by atoms with Gasteiger partial charge >= 0.3 is 0 Å². The first-order valence-electron chi connectivity index (χ1n) is 9.20. The van der Waals surface area contributed by atoms with Gasteiger partial charge in [0.15, 0.2) is 0 Å². The standard InChI is InChI=1S/C18H26N6O/c19-18-20-11-14(12-21-18)1-2-17(25)24-9-7-23(8-10-24)16-13-22-5-3-15(16)4-6-22/h1-2,11-12,15-16H,3-10,13H2,(H2,19,20,21)/b2-1+. The lowest BCUT2D eigenvalue weighted by atomic mass is 9.83. The number of rotatable bonds is 3. The molecule has 2 bridgehead atoms. The van der Waals surface area contributed by atoms with Crippen molar-refractivity contribution in [2.24, 2.45) is 5.92 Å². The third-order valence-corrected chi connectivity index (χ3v) is 5.83. The highest BCUT2D eigenvalue weighted by Crippen LogP contribution is 2.31. The lowest BCUT2D eigenvalue weighted by molar-refractivity contribution is -0.128. The van der Waals surface area contributed by atoms with Crippen molar-refractivity contribution in [1.29, 1.82) is 0 Å². The molecule has 2 N–H and O–H groups in total. The highest BCUT2D eigenvalue weighted by atomic mass is 16.2. The molecule has 1 aromatic heterocycles. The largest absolute Gasteiger partial charge is 0.368 e. The van der Waals surface area contributed by atoms with Crippen LogP contribution in [-0.2, 0) is 4.79 Å². The van der Waals surface area contributed by atoms with E-state index < -0.39 is 0 Å². The fourth-order valence-electron chi connectivity index (χ4n) is 4.33. The molecule has 1 unspecified atom stereocenters. The van der Waals surface area contributed by atoms with Gasteiger partial charge in [-0.25, -0.2) is 9.97 Å². The normalized spacial score (nSPS) is 30.1. The van der Waals surface area contributed by atoms with Crippen molar-refractivity contribution in [2.45, 2.75) is 18.9 Å². The van der Waals surface area contributed by atoms with Crippen molar-refractivity contribution in [1.82, 2.24) is 24.7 Å². The van der Waals surface area contributed by atoms with E-state index in [4.69, 9.17) is 5.73 Å². The van der Waals surface area contributed by atoms with Crippen molar-refractivity contribution in [3.8, 4) is 0 Å². The Labute approximate surface area is 148 Å². The zero-order valence-electron chi connectivity index (χ0n) is 14.5. The van der Waals surface area contributed by atoms with Gasteiger partial charge in [-0.3, -0.25) is 9.69 Å². The van der Waals surface area contributed by atoms with Crippen LogP contribution in [0.25, 0.3) is 6.08 Å². The zero-order valence-corrected chi connectivity index (χ0v) is 14.5. The molecule has 0 saturated carbocycles. The van der Waals surface area contributed by atoms with Crippen molar-refractivity contribution < 1.29 is 4.79 Å². The highest BCUT2D eigenvalue weighted by molar-refractivity contribution is 5.91. The number of carbonyl (C=O) groups is 1. The molecule has 0 aliphatic carbocycles. The molecule has 4 fully saturated rings. The summed E-state index contributed by atoms with van der Waals surface area (Å²) in [6.07, 6.45) is 9.29. The number of nitrogen functional groups attached to an aromatic ring is 1. The number of anilines is 1. The van der Waals surface area contributed by atoms with Gasteiger partial charge < -0.3 is 15.5 Å². The molecule has 0 spiro atoms. The molecule has 7 heteroatoms. The summed E-state index contributed by atoms with van der Waals surface area (Å²) in [7, 11) is 0. The Kier molecular flexibility index (Phi) is 4.67. The van der Waals surface area contributed by atoms with Crippen LogP contribution in [0.2, 0.25) is 0 Å². The van der Waals surface area contributed by atoms with Gasteiger partial charge in [-0.05, 0) is 37.9 Å². The van der Waals surface area contributed by atoms with Gasteiger partial charge in [-0.2, -0.15) is 0 Å². The third-order valence-electron chi connectivity index (χ3n) is 5.83. The minimum Gasteiger partial charge on any atom is -0.368 e. The van der Waals surface area contributed by atoms with Crippen molar-refractivity contribution in [3.05, 3.63) is 24.0 Å². The fraction of sp³-hybridized carbons (Fsp3) is 0.611. The summed E-state index contributed by atoms with van der Waals surface area (Å²) < 4.78 is 0. The molecule has 0 radical (unpaired) electrons. The Morgan fingerprint density at radius 1 is 1.08 bits per heavy atom. The third kappa shape index (κ3) is 3.67. The van der Waals surface area contributed by atoms with Gasteiger partial charge in [0, 0.05) is 62.8 Å². The van der Waals surface area contributed by atoms with Crippen LogP contribution < -0.4 is 5.73 Å². The molecule has 25 heavy (non-hydrogen) atoms. The Bertz CT molecular complexity index is 629. The number of hydrogen-bond donors (Lipinski definition) is 1. The van der Waals surface area contributed by atoms with E-state index in [-0.39, 0.29) is 11.9 Å². The van der Waals surface area contributed by atoms with E-state index in [1.165, 1.54) is 32.5 Å². The van der Waals surface area contributed by atoms with E-state index in [0.29, 0.717) is 6.04 Å². The second-order valence-electron chi connectivity index (χ2n) is 7.27. The summed E-state index contributed by atoms with van der Waals surface area (Å²) in [5.74, 6) is 1.16. The molecule has 4 saturated heterocycles. The first kappa shape index (κ1) is 16.5. The maximum absolute atomic E-state index is 12.4. The van der Waals surface area contributed by atoms with Crippen molar-refractivity contribution in [3.63, 3.8) is 0 Å². The topological polar surface area (TPSA) is 78.6 Å². The number of piperazine rings is 1. The van der Waals surface area contributed by atoms with Crippen LogP contribution in [0.1, 0.15) is 18.4 Å². The maximum Gasteiger partial charge on any atom is 0.246 e. The van der Waals surface area contributed by atoms with Gasteiger partial charge in [0.1, 0.15) is 0 Å². The second-order valence-corrected chi connectivity index (χ2v) is 7.27. The predicted octanol–water partition coefficient (Wildman–Crippen LogP) is 0.310. The van der Waals surface area contributed by atoms with Crippen molar-refractivity contribution in [2.75, 3.05) is 51.5 Å². The molecule has 1 amide bonds. The van der Waals surface area contributed by atoms with E-state index in [0.717, 1.165) is 37.7 Å². The van der Waals surface area contributed by atoms with E-state index >= 15 is 0 Å². The number of piperidine rings is 3. The highest BCUT2D eigenvalue weighted by Gasteiger charge is 2.38. The zero-order chi connectivity index (χ0) is 17.2. The Balaban J connectivity index is 1.29. The lowest BCUT2D eigenvalue weighted by Crippen LogP contribution is -2.61. The molecular formula is C18H26N6O. The Hall–Kier alpha value is -1.99. The maximum atomic E-state index is 12.4. The first-order chi connectivity index (χ1) is 12.2. The van der Waals surface area contributed by atoms with Crippen molar-refractivity contribution >= 4 is 17.9 Å². The van der Waals surface area contributed by atoms with E-state index in [9.17, 15) is 4.79 Å². The average Bonchev–Trinajstić information content (AvgIpc) is 2.68. The molecule has 4 aliphatic heterocycles. The molecule has 0 aromatic carbocycles. The summed E-state index contributed by atoms with van der Waals surface area (Å²) in [5, 5.41) is 0. The number of carbonyl (C=O) groups excluding carboxylic acids is 1. The molecule has 5 heterocycles. The fourth-order valence-corrected chi connectivity index (χ4v) is 4.33. The summed E-state index contributed by atoms with van der Waals surface area (Å²) in [4.78, 5) is 27.4. The molecule has 1 atom stereocenters. The molecule has 4 aliphatic rings.